The fourth-order valence-corrected chi connectivity index (χ4v) is 4.74. The number of nitriles is 1. The Morgan fingerprint density at radius 3 is 1.82 bits per heavy atom. The highest BCUT2D eigenvalue weighted by molar-refractivity contribution is 6.07. The van der Waals surface area contributed by atoms with E-state index in [0.29, 0.717) is 28.2 Å². The summed E-state index contributed by atoms with van der Waals surface area (Å²) in [5, 5.41) is 16.3. The first-order valence-corrected chi connectivity index (χ1v) is 12.4. The Balaban J connectivity index is 1.80. The minimum atomic E-state index is -0.338. The van der Waals surface area contributed by atoms with E-state index >= 15 is 0 Å². The van der Waals surface area contributed by atoms with Crippen LogP contribution in [0.1, 0.15) is 16.7 Å². The Kier molecular flexibility index (Phi) is 5.78. The van der Waals surface area contributed by atoms with Crippen molar-refractivity contribution in [3.05, 3.63) is 126 Å². The molecule has 0 spiro atoms. The molecule has 0 aliphatic rings. The van der Waals surface area contributed by atoms with Crippen LogP contribution in [0, 0.1) is 31.0 Å². The molecule has 0 saturated carbocycles. The molecule has 0 unspecified atom stereocenters. The molecule has 6 aromatic rings. The van der Waals surface area contributed by atoms with E-state index in [2.05, 4.69) is 6.07 Å². The van der Waals surface area contributed by atoms with E-state index in [1.807, 2.05) is 97.4 Å². The minimum absolute atomic E-state index is 0.338. The summed E-state index contributed by atoms with van der Waals surface area (Å²) in [5.41, 5.74) is 8.58. The van der Waals surface area contributed by atoms with Crippen LogP contribution in [0.4, 0.5) is 4.39 Å². The average molecular weight is 495 g/mol. The maximum atomic E-state index is 14.0. The lowest BCUT2D eigenvalue weighted by molar-refractivity contribution is 0.628. The number of nitrogens with zero attached hydrogens (tertiary/aromatic N) is 4. The van der Waals surface area contributed by atoms with Crippen molar-refractivity contribution in [2.45, 2.75) is 13.8 Å². The van der Waals surface area contributed by atoms with Gasteiger partial charge >= 0.3 is 0 Å². The van der Waals surface area contributed by atoms with Crippen LogP contribution >= 0.6 is 0 Å². The zero-order valence-electron chi connectivity index (χ0n) is 21.0. The fraction of sp³-hybridized carbons (Fsp3) is 0.0606. The zero-order valence-corrected chi connectivity index (χ0v) is 21.0. The molecule has 0 bridgehead atoms. The van der Waals surface area contributed by atoms with Crippen molar-refractivity contribution < 1.29 is 4.39 Å². The second-order valence-electron chi connectivity index (χ2n) is 9.36. The molecule has 4 aromatic carbocycles. The van der Waals surface area contributed by atoms with Crippen molar-refractivity contribution in [1.82, 2.24) is 14.8 Å². The molecule has 0 aliphatic carbocycles. The summed E-state index contributed by atoms with van der Waals surface area (Å²) in [6.07, 6.45) is 0. The third-order valence-corrected chi connectivity index (χ3v) is 6.71. The van der Waals surface area contributed by atoms with Crippen molar-refractivity contribution in [2.24, 2.45) is 0 Å². The van der Waals surface area contributed by atoms with Gasteiger partial charge in [0.25, 0.3) is 0 Å². The maximum Gasteiger partial charge on any atom is 0.164 e. The first-order chi connectivity index (χ1) is 18.5. The number of rotatable bonds is 4. The molecular weight excluding hydrogens is 471 g/mol. The predicted molar refractivity (Wildman–Crippen MR) is 149 cm³/mol. The Morgan fingerprint density at radius 2 is 1.24 bits per heavy atom. The lowest BCUT2D eigenvalue weighted by atomic mass is 9.92. The highest BCUT2D eigenvalue weighted by Gasteiger charge is 2.25. The first-order valence-electron chi connectivity index (χ1n) is 12.4. The van der Waals surface area contributed by atoms with Gasteiger partial charge in [0.15, 0.2) is 5.65 Å². The molecule has 0 atom stereocenters. The van der Waals surface area contributed by atoms with E-state index in [1.165, 1.54) is 12.1 Å². The predicted octanol–water partition coefficient (Wildman–Crippen LogP) is 8.05. The van der Waals surface area contributed by atoms with Gasteiger partial charge in [0.05, 0.1) is 22.3 Å². The van der Waals surface area contributed by atoms with Gasteiger partial charge in [-0.1, -0.05) is 90.0 Å². The van der Waals surface area contributed by atoms with E-state index in [1.54, 1.807) is 12.1 Å². The summed E-state index contributed by atoms with van der Waals surface area (Å²) in [5.74, 6) is -0.338. The number of aromatic nitrogens is 3. The van der Waals surface area contributed by atoms with Crippen molar-refractivity contribution >= 4 is 11.0 Å². The zero-order chi connectivity index (χ0) is 26.2. The van der Waals surface area contributed by atoms with Gasteiger partial charge in [0, 0.05) is 16.7 Å². The molecule has 6 rings (SSSR count). The van der Waals surface area contributed by atoms with E-state index in [4.69, 9.17) is 10.1 Å². The van der Waals surface area contributed by atoms with Crippen LogP contribution in [-0.4, -0.2) is 14.8 Å². The number of pyridine rings is 1. The van der Waals surface area contributed by atoms with E-state index in [-0.39, 0.29) is 5.82 Å². The molecule has 4 nitrogen and oxygen atoms in total. The lowest BCUT2D eigenvalue weighted by Crippen LogP contribution is -2.01. The Labute approximate surface area is 220 Å². The summed E-state index contributed by atoms with van der Waals surface area (Å²) in [6.45, 7) is 4.06. The van der Waals surface area contributed by atoms with Crippen LogP contribution in [-0.2, 0) is 0 Å². The van der Waals surface area contributed by atoms with E-state index < -0.39 is 0 Å². The van der Waals surface area contributed by atoms with Crippen molar-refractivity contribution in [3.8, 4) is 45.4 Å². The molecule has 182 valence electrons. The third kappa shape index (κ3) is 4.03. The number of benzene rings is 4. The fourth-order valence-electron chi connectivity index (χ4n) is 4.74. The molecule has 0 radical (unpaired) electrons. The number of para-hydroxylation sites is 1. The number of aryl methyl sites for hydroxylation is 2. The van der Waals surface area contributed by atoms with Crippen LogP contribution in [0.25, 0.3) is 50.4 Å². The minimum Gasteiger partial charge on any atom is -0.226 e. The molecule has 38 heavy (non-hydrogen) atoms. The molecule has 0 saturated heterocycles. The molecule has 5 heteroatoms. The van der Waals surface area contributed by atoms with Crippen molar-refractivity contribution in [2.75, 3.05) is 0 Å². The van der Waals surface area contributed by atoms with Crippen molar-refractivity contribution in [1.29, 1.82) is 5.26 Å². The van der Waals surface area contributed by atoms with Gasteiger partial charge in [-0.05, 0) is 43.7 Å². The molecule has 0 amide bonds. The molecule has 0 fully saturated rings. The number of halogens is 1. The molecular formula is C33H23FN4. The SMILES string of the molecule is Cc1ccc(-c2nc3c(c(-c4ccc(C)cc4)nn3-c3ccccc3)c(-c3ccc(F)cc3)c2C#N)cc1. The normalized spacial score (nSPS) is 11.0. The van der Waals surface area contributed by atoms with Gasteiger partial charge in [-0.2, -0.15) is 10.4 Å². The van der Waals surface area contributed by atoms with Gasteiger partial charge in [-0.15, -0.1) is 0 Å². The summed E-state index contributed by atoms with van der Waals surface area (Å²) in [6, 6.07) is 34.6. The van der Waals surface area contributed by atoms with Gasteiger partial charge in [0.1, 0.15) is 17.6 Å². The monoisotopic (exact) mass is 494 g/mol. The summed E-state index contributed by atoms with van der Waals surface area (Å²) < 4.78 is 15.8. The van der Waals surface area contributed by atoms with E-state index in [9.17, 15) is 9.65 Å². The summed E-state index contributed by atoms with van der Waals surface area (Å²) in [4.78, 5) is 5.09. The second kappa shape index (κ2) is 9.42. The van der Waals surface area contributed by atoms with Crippen molar-refractivity contribution in [3.63, 3.8) is 0 Å². The van der Waals surface area contributed by atoms with Gasteiger partial charge in [0.2, 0.25) is 0 Å². The van der Waals surface area contributed by atoms with Crippen LogP contribution in [0.5, 0.6) is 0 Å². The lowest BCUT2D eigenvalue weighted by Gasteiger charge is -2.13. The Bertz CT molecular complexity index is 1810. The van der Waals surface area contributed by atoms with Crippen LogP contribution in [0.15, 0.2) is 103 Å². The third-order valence-electron chi connectivity index (χ3n) is 6.71. The first kappa shape index (κ1) is 23.3. The number of hydrogen-bond acceptors (Lipinski definition) is 3. The average Bonchev–Trinajstić information content (AvgIpc) is 3.33. The highest BCUT2D eigenvalue weighted by Crippen LogP contribution is 2.42. The maximum absolute atomic E-state index is 14.0. The second-order valence-corrected chi connectivity index (χ2v) is 9.36. The van der Waals surface area contributed by atoms with Crippen LogP contribution in [0.2, 0.25) is 0 Å². The molecule has 0 aliphatic heterocycles. The topological polar surface area (TPSA) is 54.5 Å². The van der Waals surface area contributed by atoms with Crippen LogP contribution in [0.3, 0.4) is 0 Å². The smallest absolute Gasteiger partial charge is 0.164 e. The Hall–Kier alpha value is -5.08. The number of hydrogen-bond donors (Lipinski definition) is 0. The van der Waals surface area contributed by atoms with Gasteiger partial charge in [-0.25, -0.2) is 14.1 Å². The number of fused-ring (bicyclic) bond motifs is 1. The van der Waals surface area contributed by atoms with Gasteiger partial charge in [-0.3, -0.25) is 0 Å². The Morgan fingerprint density at radius 1 is 0.684 bits per heavy atom. The molecule has 2 aromatic heterocycles. The summed E-state index contributed by atoms with van der Waals surface area (Å²) >= 11 is 0. The highest BCUT2D eigenvalue weighted by atomic mass is 19.1. The standard InChI is InChI=1S/C33H23FN4/c1-21-8-12-24(13-9-21)31-28(20-35)29(23-16-18-26(34)19-17-23)30-32(25-14-10-22(2)11-15-25)37-38(33(30)36-31)27-6-4-3-5-7-27/h3-19H,1-2H3. The largest absolute Gasteiger partial charge is 0.226 e. The van der Waals surface area contributed by atoms with Gasteiger partial charge < -0.3 is 0 Å². The quantitative estimate of drug-likeness (QED) is 0.249. The van der Waals surface area contributed by atoms with Crippen LogP contribution < -0.4 is 0 Å². The van der Waals surface area contributed by atoms with E-state index in [0.717, 1.165) is 38.9 Å². The molecule has 2 heterocycles. The summed E-state index contributed by atoms with van der Waals surface area (Å²) in [7, 11) is 0. The molecule has 0 N–H and O–H groups in total.